The normalized spacial score (nSPS) is 12.8. The van der Waals surface area contributed by atoms with Crippen molar-refractivity contribution in [3.8, 4) is 11.4 Å². The van der Waals surface area contributed by atoms with Gasteiger partial charge in [0, 0.05) is 18.0 Å². The fraction of sp³-hybridized carbons (Fsp3) is 0.389. The molecule has 0 radical (unpaired) electrons. The molecule has 3 aromatic rings. The number of hydrogen-bond acceptors (Lipinski definition) is 7. The maximum absolute atomic E-state index is 12.3. The molecule has 3 heterocycles. The Balaban J connectivity index is 1.64. The van der Waals surface area contributed by atoms with Crippen molar-refractivity contribution in [3.05, 3.63) is 54.1 Å². The number of aromatic nitrogens is 3. The van der Waals surface area contributed by atoms with E-state index in [1.807, 2.05) is 26.0 Å². The topological polar surface area (TPSA) is 77.0 Å². The van der Waals surface area contributed by atoms with Crippen LogP contribution in [0.1, 0.15) is 37.3 Å². The van der Waals surface area contributed by atoms with E-state index in [0.29, 0.717) is 41.5 Å². The Morgan fingerprint density at radius 2 is 2.00 bits per heavy atom. The molecule has 0 saturated carbocycles. The predicted molar refractivity (Wildman–Crippen MR) is 98.0 cm³/mol. The van der Waals surface area contributed by atoms with Gasteiger partial charge in [0.05, 0.1) is 18.3 Å². The smallest absolute Gasteiger partial charge is 0.284 e. The van der Waals surface area contributed by atoms with Crippen molar-refractivity contribution >= 4 is 11.8 Å². The highest BCUT2D eigenvalue weighted by Crippen LogP contribution is 2.25. The van der Waals surface area contributed by atoms with E-state index < -0.39 is 5.76 Å². The van der Waals surface area contributed by atoms with Crippen LogP contribution in [0.15, 0.2) is 45.6 Å². The van der Waals surface area contributed by atoms with E-state index in [4.69, 9.17) is 8.94 Å². The molecule has 0 aliphatic carbocycles. The van der Waals surface area contributed by atoms with Crippen LogP contribution in [0.25, 0.3) is 11.4 Å². The molecule has 6 nitrogen and oxygen atoms in total. The molecule has 1 N–H and O–H groups in total. The van der Waals surface area contributed by atoms with Crippen LogP contribution in [-0.2, 0) is 12.3 Å². The van der Waals surface area contributed by atoms with Gasteiger partial charge in [0.2, 0.25) is 11.7 Å². The lowest BCUT2D eigenvalue weighted by molar-refractivity contribution is 0.251. The fourth-order valence-corrected chi connectivity index (χ4v) is 2.98. The largest absolute Gasteiger partial charge is 0.464 e. The molecule has 1 atom stereocenters. The molecule has 1 unspecified atom stereocenters. The van der Waals surface area contributed by atoms with Crippen LogP contribution in [0.2, 0.25) is 0 Å². The molecule has 144 valence electrons. The van der Waals surface area contributed by atoms with Crippen LogP contribution in [-0.4, -0.2) is 20.9 Å². The molecule has 3 aromatic heterocycles. The minimum absolute atomic E-state index is 0.142. The molecule has 0 saturated heterocycles. The first-order chi connectivity index (χ1) is 13.0. The maximum atomic E-state index is 12.3. The van der Waals surface area contributed by atoms with Gasteiger partial charge < -0.3 is 8.94 Å². The molecular weight excluding hydrogens is 374 g/mol. The van der Waals surface area contributed by atoms with Crippen LogP contribution < -0.4 is 5.32 Å². The minimum Gasteiger partial charge on any atom is -0.464 e. The number of pyridine rings is 1. The van der Waals surface area contributed by atoms with Gasteiger partial charge in [0.15, 0.2) is 0 Å². The average Bonchev–Trinajstić information content (AvgIpc) is 3.30. The number of halogens is 2. The van der Waals surface area contributed by atoms with Gasteiger partial charge in [-0.25, -0.2) is 0 Å². The quantitative estimate of drug-likeness (QED) is 0.565. The number of thioether (sulfide) groups is 1. The first kappa shape index (κ1) is 19.5. The van der Waals surface area contributed by atoms with Crippen molar-refractivity contribution in [1.29, 1.82) is 0 Å². The van der Waals surface area contributed by atoms with Crippen molar-refractivity contribution in [3.63, 3.8) is 0 Å². The monoisotopic (exact) mass is 394 g/mol. The SMILES string of the molecule is CC(C)C(NCc1ccc(CSC(F)F)o1)c1nc(-c2cccnc2)no1. The zero-order valence-electron chi connectivity index (χ0n) is 14.9. The second-order valence-corrected chi connectivity index (χ2v) is 7.22. The summed E-state index contributed by atoms with van der Waals surface area (Å²) in [5.74, 6) is 0.0688. The first-order valence-electron chi connectivity index (χ1n) is 8.47. The second kappa shape index (κ2) is 9.09. The number of furan rings is 1. The summed E-state index contributed by atoms with van der Waals surface area (Å²) in [6.07, 6.45) is 3.36. The van der Waals surface area contributed by atoms with Gasteiger partial charge in [0.1, 0.15) is 11.5 Å². The standard InChI is InChI=1S/C18H20F2N4O2S/c1-11(2)15(17-23-16(24-26-17)12-4-3-7-21-8-12)22-9-13-5-6-14(25-13)10-27-18(19)20/h3-8,11,15,18,22H,9-10H2,1-2H3. The van der Waals surface area contributed by atoms with Crippen LogP contribution >= 0.6 is 11.8 Å². The van der Waals surface area contributed by atoms with E-state index in [1.165, 1.54) is 0 Å². The summed E-state index contributed by atoms with van der Waals surface area (Å²) < 4.78 is 35.5. The Bertz CT molecular complexity index is 839. The number of nitrogens with one attached hydrogen (secondary N) is 1. The first-order valence-corrected chi connectivity index (χ1v) is 9.52. The third kappa shape index (κ3) is 5.36. The lowest BCUT2D eigenvalue weighted by atomic mass is 10.0. The number of rotatable bonds is 9. The summed E-state index contributed by atoms with van der Waals surface area (Å²) in [5.41, 5.74) is 0.780. The molecule has 9 heteroatoms. The molecule has 0 amide bonds. The Morgan fingerprint density at radius 1 is 1.19 bits per heavy atom. The third-order valence-corrected chi connectivity index (χ3v) is 4.56. The summed E-state index contributed by atoms with van der Waals surface area (Å²) in [4.78, 5) is 8.53. The van der Waals surface area contributed by atoms with Crippen molar-refractivity contribution in [2.45, 2.75) is 37.9 Å². The van der Waals surface area contributed by atoms with Gasteiger partial charge in [0.25, 0.3) is 5.76 Å². The Hall–Kier alpha value is -2.26. The summed E-state index contributed by atoms with van der Waals surface area (Å²) in [7, 11) is 0. The van der Waals surface area contributed by atoms with Gasteiger partial charge in [-0.2, -0.15) is 13.8 Å². The molecule has 0 fully saturated rings. The molecule has 3 rings (SSSR count). The Kier molecular flexibility index (Phi) is 6.57. The van der Waals surface area contributed by atoms with Crippen LogP contribution in [0, 0.1) is 5.92 Å². The fourth-order valence-electron chi connectivity index (χ4n) is 2.53. The van der Waals surface area contributed by atoms with Crippen LogP contribution in [0.3, 0.4) is 0 Å². The maximum Gasteiger partial charge on any atom is 0.284 e. The summed E-state index contributed by atoms with van der Waals surface area (Å²) in [6.45, 7) is 4.50. The van der Waals surface area contributed by atoms with Gasteiger partial charge in [-0.05, 0) is 30.2 Å². The van der Waals surface area contributed by atoms with Crippen LogP contribution in [0.4, 0.5) is 8.78 Å². The van der Waals surface area contributed by atoms with Gasteiger partial charge in [-0.15, -0.1) is 0 Å². The summed E-state index contributed by atoms with van der Waals surface area (Å²) in [5, 5.41) is 7.36. The Morgan fingerprint density at radius 3 is 2.70 bits per heavy atom. The van der Waals surface area contributed by atoms with E-state index in [2.05, 4.69) is 20.4 Å². The molecule has 0 aliphatic rings. The van der Waals surface area contributed by atoms with Gasteiger partial charge in [-0.3, -0.25) is 10.3 Å². The van der Waals surface area contributed by atoms with Crippen LogP contribution in [0.5, 0.6) is 0 Å². The number of hydrogen-bond donors (Lipinski definition) is 1. The van der Waals surface area contributed by atoms with E-state index in [-0.39, 0.29) is 17.7 Å². The number of alkyl halides is 2. The number of nitrogens with zero attached hydrogens (tertiary/aromatic N) is 3. The van der Waals surface area contributed by atoms with E-state index in [1.54, 1.807) is 24.5 Å². The molecule has 0 bridgehead atoms. The summed E-state index contributed by atoms with van der Waals surface area (Å²) >= 11 is 0.539. The van der Waals surface area contributed by atoms with E-state index in [0.717, 1.165) is 5.56 Å². The van der Waals surface area contributed by atoms with Crippen molar-refractivity contribution < 1.29 is 17.7 Å². The second-order valence-electron chi connectivity index (χ2n) is 6.24. The highest BCUT2D eigenvalue weighted by molar-refractivity contribution is 7.98. The van der Waals surface area contributed by atoms with E-state index >= 15 is 0 Å². The van der Waals surface area contributed by atoms with Crippen molar-refractivity contribution in [1.82, 2.24) is 20.4 Å². The average molecular weight is 394 g/mol. The van der Waals surface area contributed by atoms with Crippen molar-refractivity contribution in [2.24, 2.45) is 5.92 Å². The van der Waals surface area contributed by atoms with E-state index in [9.17, 15) is 8.78 Å². The Labute approximate surface area is 159 Å². The predicted octanol–water partition coefficient (Wildman–Crippen LogP) is 4.67. The molecule has 0 aromatic carbocycles. The van der Waals surface area contributed by atoms with Crippen molar-refractivity contribution in [2.75, 3.05) is 0 Å². The molecule has 0 spiro atoms. The lowest BCUT2D eigenvalue weighted by Crippen LogP contribution is -2.25. The molecule has 0 aliphatic heterocycles. The molecule has 27 heavy (non-hydrogen) atoms. The lowest BCUT2D eigenvalue weighted by Gasteiger charge is -2.17. The van der Waals surface area contributed by atoms with Gasteiger partial charge >= 0.3 is 0 Å². The zero-order chi connectivity index (χ0) is 19.2. The zero-order valence-corrected chi connectivity index (χ0v) is 15.7. The highest BCUT2D eigenvalue weighted by Gasteiger charge is 2.23. The van der Waals surface area contributed by atoms with Gasteiger partial charge in [-0.1, -0.05) is 30.8 Å². The summed E-state index contributed by atoms with van der Waals surface area (Å²) in [6, 6.07) is 6.99. The minimum atomic E-state index is -2.41. The third-order valence-electron chi connectivity index (χ3n) is 3.86. The molecular formula is C18H20F2N4O2S. The highest BCUT2D eigenvalue weighted by atomic mass is 32.2.